The quantitative estimate of drug-likeness (QED) is 0.730. The lowest BCUT2D eigenvalue weighted by Gasteiger charge is -2.14. The molecule has 0 saturated carbocycles. The van der Waals surface area contributed by atoms with Crippen LogP contribution in [0.15, 0.2) is 15.4 Å². The zero-order valence-corrected chi connectivity index (χ0v) is 12.6. The second-order valence-corrected chi connectivity index (χ2v) is 6.83. The van der Waals surface area contributed by atoms with Crippen molar-refractivity contribution in [3.8, 4) is 0 Å². The molecule has 1 aromatic heterocycles. The van der Waals surface area contributed by atoms with Crippen LogP contribution in [0.1, 0.15) is 30.8 Å². The highest BCUT2D eigenvalue weighted by molar-refractivity contribution is 7.89. The molecule has 0 spiro atoms. The van der Waals surface area contributed by atoms with Gasteiger partial charge in [-0.3, -0.25) is 0 Å². The normalized spacial score (nSPS) is 16.9. The molecule has 0 aliphatic carbocycles. The Labute approximate surface area is 119 Å². The number of aryl methyl sites for hydroxylation is 1. The van der Waals surface area contributed by atoms with Crippen molar-refractivity contribution in [2.24, 2.45) is 0 Å². The lowest BCUT2D eigenvalue weighted by molar-refractivity contribution is 0.244. The van der Waals surface area contributed by atoms with E-state index in [2.05, 4.69) is 9.62 Å². The maximum atomic E-state index is 12.1. The van der Waals surface area contributed by atoms with Crippen LogP contribution in [0, 0.1) is 6.92 Å². The van der Waals surface area contributed by atoms with Gasteiger partial charge >= 0.3 is 0 Å². The number of rotatable bonds is 7. The van der Waals surface area contributed by atoms with Crippen LogP contribution >= 0.6 is 0 Å². The third kappa shape index (κ3) is 3.82. The summed E-state index contributed by atoms with van der Waals surface area (Å²) in [6.45, 7) is 4.86. The van der Waals surface area contributed by atoms with E-state index >= 15 is 0 Å². The molecule has 2 heterocycles. The van der Waals surface area contributed by atoms with Crippen molar-refractivity contribution in [3.05, 3.63) is 17.6 Å². The fraction of sp³-hybridized carbons (Fsp3) is 0.692. The highest BCUT2D eigenvalue weighted by Crippen LogP contribution is 2.19. The van der Waals surface area contributed by atoms with Gasteiger partial charge < -0.3 is 14.4 Å². The number of hydrogen-bond acceptors (Lipinski definition) is 5. The first-order valence-corrected chi connectivity index (χ1v) is 8.43. The van der Waals surface area contributed by atoms with Crippen LogP contribution in [-0.2, 0) is 16.6 Å². The molecule has 20 heavy (non-hydrogen) atoms. The fourth-order valence-electron chi connectivity index (χ4n) is 2.46. The first-order valence-electron chi connectivity index (χ1n) is 6.95. The Bertz CT molecular complexity index is 533. The van der Waals surface area contributed by atoms with Crippen LogP contribution in [0.2, 0.25) is 0 Å². The van der Waals surface area contributed by atoms with Crippen molar-refractivity contribution in [1.82, 2.24) is 9.62 Å². The van der Waals surface area contributed by atoms with Gasteiger partial charge in [-0.1, -0.05) is 0 Å². The van der Waals surface area contributed by atoms with Gasteiger partial charge in [-0.05, 0) is 45.8 Å². The summed E-state index contributed by atoms with van der Waals surface area (Å²) in [5, 5.41) is 8.96. The second-order valence-electron chi connectivity index (χ2n) is 5.09. The van der Waals surface area contributed by atoms with Gasteiger partial charge in [0, 0.05) is 12.6 Å². The minimum Gasteiger partial charge on any atom is -0.462 e. The number of aliphatic hydroxyl groups is 1. The summed E-state index contributed by atoms with van der Waals surface area (Å²) in [6, 6.07) is 1.37. The predicted octanol–water partition coefficient (Wildman–Crippen LogP) is 0.845. The van der Waals surface area contributed by atoms with E-state index in [1.165, 1.54) is 18.9 Å². The van der Waals surface area contributed by atoms with E-state index in [1.54, 1.807) is 6.92 Å². The number of sulfonamides is 1. The lowest BCUT2D eigenvalue weighted by Crippen LogP contribution is -2.28. The summed E-state index contributed by atoms with van der Waals surface area (Å²) < 4.78 is 32.0. The Morgan fingerprint density at radius 1 is 1.40 bits per heavy atom. The van der Waals surface area contributed by atoms with E-state index in [0.29, 0.717) is 12.3 Å². The third-order valence-electron chi connectivity index (χ3n) is 3.51. The van der Waals surface area contributed by atoms with Crippen molar-refractivity contribution in [1.29, 1.82) is 0 Å². The Morgan fingerprint density at radius 2 is 2.10 bits per heavy atom. The molecule has 7 heteroatoms. The number of likely N-dealkylation sites (tertiary alicyclic amines) is 1. The average Bonchev–Trinajstić information content (AvgIpc) is 3.04. The van der Waals surface area contributed by atoms with Crippen LogP contribution in [0.5, 0.6) is 0 Å². The third-order valence-corrected chi connectivity index (χ3v) is 5.08. The molecule has 0 unspecified atom stereocenters. The first-order chi connectivity index (χ1) is 9.53. The molecular formula is C13H22N2O4S. The van der Waals surface area contributed by atoms with E-state index in [-0.39, 0.29) is 17.3 Å². The largest absolute Gasteiger partial charge is 0.462 e. The zero-order chi connectivity index (χ0) is 14.6. The minimum atomic E-state index is -3.55. The van der Waals surface area contributed by atoms with E-state index in [1.807, 2.05) is 0 Å². The maximum Gasteiger partial charge on any atom is 0.244 e. The predicted molar refractivity (Wildman–Crippen MR) is 74.8 cm³/mol. The monoisotopic (exact) mass is 302 g/mol. The smallest absolute Gasteiger partial charge is 0.244 e. The van der Waals surface area contributed by atoms with E-state index in [4.69, 9.17) is 9.52 Å². The zero-order valence-electron chi connectivity index (χ0n) is 11.8. The van der Waals surface area contributed by atoms with Crippen molar-refractivity contribution in [2.75, 3.05) is 26.2 Å². The van der Waals surface area contributed by atoms with Crippen molar-refractivity contribution >= 4 is 10.0 Å². The highest BCUT2D eigenvalue weighted by atomic mass is 32.2. The van der Waals surface area contributed by atoms with Crippen LogP contribution < -0.4 is 4.72 Å². The maximum absolute atomic E-state index is 12.1. The number of hydrogen-bond donors (Lipinski definition) is 2. The standard InChI is InChI=1S/C13H22N2O4S/c1-11-13(9-12(10-16)19-11)20(17,18)14-5-4-8-15-6-2-3-7-15/h9,14,16H,2-8,10H2,1H3. The van der Waals surface area contributed by atoms with Gasteiger partial charge in [0.05, 0.1) is 0 Å². The first kappa shape index (κ1) is 15.5. The number of nitrogens with one attached hydrogen (secondary N) is 1. The Balaban J connectivity index is 1.85. The molecule has 1 aliphatic heterocycles. The molecule has 1 saturated heterocycles. The van der Waals surface area contributed by atoms with Gasteiger partial charge in [0.25, 0.3) is 0 Å². The molecule has 0 atom stereocenters. The topological polar surface area (TPSA) is 82.8 Å². The molecule has 0 radical (unpaired) electrons. The average molecular weight is 302 g/mol. The summed E-state index contributed by atoms with van der Waals surface area (Å²) in [5.41, 5.74) is 0. The summed E-state index contributed by atoms with van der Waals surface area (Å²) in [7, 11) is -3.55. The highest BCUT2D eigenvalue weighted by Gasteiger charge is 2.21. The molecule has 6 nitrogen and oxygen atoms in total. The van der Waals surface area contributed by atoms with Gasteiger partial charge in [-0.15, -0.1) is 0 Å². The van der Waals surface area contributed by atoms with Crippen LogP contribution in [0.3, 0.4) is 0 Å². The minimum absolute atomic E-state index is 0.114. The number of furan rings is 1. The molecule has 1 fully saturated rings. The van der Waals surface area contributed by atoms with E-state index in [0.717, 1.165) is 26.1 Å². The van der Waals surface area contributed by atoms with Crippen LogP contribution in [-0.4, -0.2) is 44.6 Å². The Kier molecular flexibility index (Phi) is 5.20. The molecule has 2 N–H and O–H groups in total. The summed E-state index contributed by atoms with van der Waals surface area (Å²) >= 11 is 0. The Morgan fingerprint density at radius 3 is 2.70 bits per heavy atom. The lowest BCUT2D eigenvalue weighted by atomic mass is 10.4. The number of nitrogens with zero attached hydrogens (tertiary/aromatic N) is 1. The van der Waals surface area contributed by atoms with Crippen LogP contribution in [0.25, 0.3) is 0 Å². The van der Waals surface area contributed by atoms with Gasteiger partial charge in [0.15, 0.2) is 0 Å². The molecule has 0 aromatic carbocycles. The van der Waals surface area contributed by atoms with Crippen molar-refractivity contribution in [3.63, 3.8) is 0 Å². The molecular weight excluding hydrogens is 280 g/mol. The molecule has 1 aliphatic rings. The van der Waals surface area contributed by atoms with E-state index in [9.17, 15) is 8.42 Å². The van der Waals surface area contributed by atoms with Gasteiger partial charge in [0.2, 0.25) is 10.0 Å². The second kappa shape index (κ2) is 6.71. The molecule has 2 rings (SSSR count). The molecule has 114 valence electrons. The molecule has 0 amide bonds. The van der Waals surface area contributed by atoms with E-state index < -0.39 is 10.0 Å². The fourth-order valence-corrected chi connectivity index (χ4v) is 3.74. The molecule has 1 aromatic rings. The van der Waals surface area contributed by atoms with Crippen molar-refractivity contribution < 1.29 is 17.9 Å². The van der Waals surface area contributed by atoms with Gasteiger partial charge in [-0.25, -0.2) is 13.1 Å². The van der Waals surface area contributed by atoms with Crippen LogP contribution in [0.4, 0.5) is 0 Å². The SMILES string of the molecule is Cc1oc(CO)cc1S(=O)(=O)NCCCN1CCCC1. The van der Waals surface area contributed by atoms with Crippen molar-refractivity contribution in [2.45, 2.75) is 37.7 Å². The Hall–Kier alpha value is -0.890. The number of aliphatic hydroxyl groups excluding tert-OH is 1. The summed E-state index contributed by atoms with van der Waals surface area (Å²) in [5.74, 6) is 0.570. The molecule has 0 bridgehead atoms. The van der Waals surface area contributed by atoms with Gasteiger partial charge in [0.1, 0.15) is 23.0 Å². The summed E-state index contributed by atoms with van der Waals surface area (Å²) in [6.07, 6.45) is 3.27. The summed E-state index contributed by atoms with van der Waals surface area (Å²) in [4.78, 5) is 2.46. The van der Waals surface area contributed by atoms with Gasteiger partial charge in [-0.2, -0.15) is 0 Å².